The highest BCUT2D eigenvalue weighted by molar-refractivity contribution is 7.19. The zero-order valence-corrected chi connectivity index (χ0v) is 23.4. The molecule has 1 aliphatic rings. The van der Waals surface area contributed by atoms with Crippen molar-refractivity contribution >= 4 is 34.2 Å². The molecule has 0 fully saturated rings. The predicted molar refractivity (Wildman–Crippen MR) is 170 cm³/mol. The highest BCUT2D eigenvalue weighted by Crippen LogP contribution is 2.16. The minimum Gasteiger partial charge on any atom is -0.231 e. The maximum atomic E-state index is 2.43. The Morgan fingerprint density at radius 1 is 0.487 bits per heavy atom. The van der Waals surface area contributed by atoms with Gasteiger partial charge in [0.05, 0.1) is 0 Å². The fourth-order valence-corrected chi connectivity index (χ4v) is 6.01. The van der Waals surface area contributed by atoms with Crippen LogP contribution in [0.2, 0.25) is 0 Å². The van der Waals surface area contributed by atoms with Crippen LogP contribution in [0.3, 0.4) is 0 Å². The Labute approximate surface area is 234 Å². The molecule has 1 heterocycles. The van der Waals surface area contributed by atoms with Gasteiger partial charge in [0, 0.05) is 12.0 Å². The lowest BCUT2D eigenvalue weighted by molar-refractivity contribution is -0.593. The summed E-state index contributed by atoms with van der Waals surface area (Å²) in [6.07, 6.45) is 2.25. The third-order valence-corrected chi connectivity index (χ3v) is 8.03. The molecule has 0 bridgehead atoms. The van der Waals surface area contributed by atoms with E-state index in [1.165, 1.54) is 39.4 Å². The van der Waals surface area contributed by atoms with Crippen molar-refractivity contribution < 1.29 is 4.58 Å². The van der Waals surface area contributed by atoms with Crippen molar-refractivity contribution in [3.63, 3.8) is 0 Å². The van der Waals surface area contributed by atoms with E-state index in [0.717, 1.165) is 6.54 Å². The van der Waals surface area contributed by atoms with Gasteiger partial charge in [-0.05, 0) is 32.4 Å². The van der Waals surface area contributed by atoms with Gasteiger partial charge in [-0.2, -0.15) is 21.9 Å². The molecule has 39 heavy (non-hydrogen) atoms. The molecular formula is C37H38BN. The highest BCUT2D eigenvalue weighted by atomic mass is 15.1. The molecule has 5 aromatic rings. The van der Waals surface area contributed by atoms with Crippen LogP contribution in [0.5, 0.6) is 0 Å². The molecule has 6 rings (SSSR count). The van der Waals surface area contributed by atoms with Crippen molar-refractivity contribution in [2.75, 3.05) is 6.54 Å². The van der Waals surface area contributed by atoms with E-state index in [9.17, 15) is 0 Å². The summed E-state index contributed by atoms with van der Waals surface area (Å²) >= 11 is 0. The van der Waals surface area contributed by atoms with Crippen LogP contribution in [-0.4, -0.2) is 29.0 Å². The van der Waals surface area contributed by atoms with E-state index in [1.54, 1.807) is 0 Å². The number of nitrogens with zero attached hydrogens (tertiary/aromatic N) is 1. The SMILES string of the molecule is CC(C)(C)[N+]1=Cc2ccccc2CC1.c1ccc([B-](c2ccccc2)(c2ccccc2)c2ccccc2)cc1. The predicted octanol–water partition coefficient (Wildman–Crippen LogP) is 5.54. The molecule has 0 saturated heterocycles. The second-order valence-electron chi connectivity index (χ2n) is 11.5. The Bertz CT molecular complexity index is 1340. The average Bonchev–Trinajstić information content (AvgIpc) is 2.99. The van der Waals surface area contributed by atoms with Crippen LogP contribution < -0.4 is 21.9 Å². The summed E-state index contributed by atoms with van der Waals surface area (Å²) in [4.78, 5) is 0. The van der Waals surface area contributed by atoms with Gasteiger partial charge in [0.25, 0.3) is 0 Å². The van der Waals surface area contributed by atoms with E-state index < -0.39 is 6.15 Å². The molecule has 0 aromatic heterocycles. The first-order chi connectivity index (χ1) is 19.0. The molecule has 194 valence electrons. The van der Waals surface area contributed by atoms with Crippen LogP contribution in [0.15, 0.2) is 146 Å². The van der Waals surface area contributed by atoms with Crippen LogP contribution in [-0.2, 0) is 6.42 Å². The van der Waals surface area contributed by atoms with Crippen LogP contribution in [0.4, 0.5) is 0 Å². The Kier molecular flexibility index (Phi) is 7.93. The first-order valence-corrected chi connectivity index (χ1v) is 14.1. The lowest BCUT2D eigenvalue weighted by atomic mass is 9.13. The fourth-order valence-electron chi connectivity index (χ4n) is 6.01. The quantitative estimate of drug-likeness (QED) is 0.222. The van der Waals surface area contributed by atoms with Gasteiger partial charge in [0.1, 0.15) is 12.7 Å². The number of fused-ring (bicyclic) bond motifs is 1. The zero-order valence-electron chi connectivity index (χ0n) is 23.4. The van der Waals surface area contributed by atoms with Gasteiger partial charge in [0.15, 0.2) is 11.8 Å². The highest BCUT2D eigenvalue weighted by Gasteiger charge is 2.31. The molecule has 0 spiro atoms. The molecule has 1 nitrogen and oxygen atoms in total. The van der Waals surface area contributed by atoms with Gasteiger partial charge in [-0.3, -0.25) is 0 Å². The fraction of sp³-hybridized carbons (Fsp3) is 0.162. The Balaban J connectivity index is 0.000000186. The van der Waals surface area contributed by atoms with Gasteiger partial charge in [-0.1, -0.05) is 140 Å². The smallest absolute Gasteiger partial charge is 0.171 e. The summed E-state index contributed by atoms with van der Waals surface area (Å²) in [6.45, 7) is 7.92. The number of hydrogen-bond acceptors (Lipinski definition) is 0. The van der Waals surface area contributed by atoms with E-state index in [0.29, 0.717) is 0 Å². The summed E-state index contributed by atoms with van der Waals surface area (Å²) in [5.41, 5.74) is 8.46. The van der Waals surface area contributed by atoms with Crippen molar-refractivity contribution in [3.05, 3.63) is 157 Å². The van der Waals surface area contributed by atoms with Crippen molar-refractivity contribution in [2.24, 2.45) is 0 Å². The molecule has 0 aliphatic carbocycles. The van der Waals surface area contributed by atoms with Crippen LogP contribution in [0.1, 0.15) is 31.9 Å². The Morgan fingerprint density at radius 2 is 0.846 bits per heavy atom. The maximum Gasteiger partial charge on any atom is 0.171 e. The molecule has 1 aliphatic heterocycles. The van der Waals surface area contributed by atoms with E-state index >= 15 is 0 Å². The third-order valence-electron chi connectivity index (χ3n) is 8.03. The number of hydrogen-bond donors (Lipinski definition) is 0. The van der Waals surface area contributed by atoms with Gasteiger partial charge >= 0.3 is 0 Å². The van der Waals surface area contributed by atoms with Gasteiger partial charge in [-0.15, -0.1) is 0 Å². The average molecular weight is 508 g/mol. The topological polar surface area (TPSA) is 3.01 Å². The molecule has 0 radical (unpaired) electrons. The van der Waals surface area contributed by atoms with Crippen molar-refractivity contribution in [1.82, 2.24) is 0 Å². The van der Waals surface area contributed by atoms with E-state index in [2.05, 4.69) is 177 Å². The third kappa shape index (κ3) is 5.66. The summed E-state index contributed by atoms with van der Waals surface area (Å²) in [5.74, 6) is 0. The molecule has 0 unspecified atom stereocenters. The second kappa shape index (κ2) is 11.7. The van der Waals surface area contributed by atoms with Gasteiger partial charge in [-0.25, -0.2) is 4.58 Å². The molecule has 0 amide bonds. The minimum absolute atomic E-state index is 0.244. The monoisotopic (exact) mass is 507 g/mol. The molecule has 5 aromatic carbocycles. The second-order valence-corrected chi connectivity index (χ2v) is 11.5. The molecule has 0 N–H and O–H groups in total. The first-order valence-electron chi connectivity index (χ1n) is 14.1. The van der Waals surface area contributed by atoms with Crippen molar-refractivity contribution in [3.8, 4) is 0 Å². The van der Waals surface area contributed by atoms with Crippen molar-refractivity contribution in [1.29, 1.82) is 0 Å². The minimum atomic E-state index is -1.22. The van der Waals surface area contributed by atoms with E-state index in [4.69, 9.17) is 0 Å². The first kappa shape index (κ1) is 26.4. The van der Waals surface area contributed by atoms with Crippen LogP contribution in [0.25, 0.3) is 0 Å². The zero-order chi connectivity index (χ0) is 27.1. The van der Waals surface area contributed by atoms with Gasteiger partial charge < -0.3 is 0 Å². The Hall–Kier alpha value is -4.17. The maximum absolute atomic E-state index is 2.43. The lowest BCUT2D eigenvalue weighted by Gasteiger charge is -2.44. The van der Waals surface area contributed by atoms with Crippen molar-refractivity contribution in [2.45, 2.75) is 32.7 Å². The van der Waals surface area contributed by atoms with E-state index in [-0.39, 0.29) is 5.54 Å². The molecule has 0 atom stereocenters. The van der Waals surface area contributed by atoms with Crippen LogP contribution in [0, 0.1) is 0 Å². The summed E-state index contributed by atoms with van der Waals surface area (Å²) in [5, 5.41) is 0. The molecule has 0 saturated carbocycles. The Morgan fingerprint density at radius 3 is 1.23 bits per heavy atom. The summed E-state index contributed by atoms with van der Waals surface area (Å²) in [6, 6.07) is 52.2. The lowest BCUT2D eigenvalue weighted by Crippen LogP contribution is -2.74. The largest absolute Gasteiger partial charge is 0.231 e. The number of rotatable bonds is 4. The summed E-state index contributed by atoms with van der Waals surface area (Å²) in [7, 11) is 0. The summed E-state index contributed by atoms with van der Waals surface area (Å²) < 4.78 is 2.43. The normalized spacial score (nSPS) is 12.9. The molecule has 2 heteroatoms. The standard InChI is InChI=1S/C24H20B.C13H18N/c1-5-13-21(14-6-1)25(22-15-7-2-8-16-22,23-17-9-3-10-18-23)24-19-11-4-12-20-24;1-13(2,3)14-9-8-11-6-4-5-7-12(11)10-14/h1-20H;4-7,10H,8-9H2,1-3H3/q-1;+1. The molecular weight excluding hydrogens is 469 g/mol. The number of benzene rings is 5. The van der Waals surface area contributed by atoms with E-state index in [1.807, 2.05) is 0 Å². The van der Waals surface area contributed by atoms with Crippen LogP contribution >= 0.6 is 0 Å². The van der Waals surface area contributed by atoms with Gasteiger partial charge in [0.2, 0.25) is 0 Å².